The van der Waals surface area contributed by atoms with E-state index in [2.05, 4.69) is 10.6 Å². The fourth-order valence-electron chi connectivity index (χ4n) is 2.09. The standard InChI is InChI=1S/C15H28N4O6/c1-8(2)12(19-13(22)9(17)7-11(20)21)14(23)18-10(15(24)25)5-3-4-6-16/h8-10,12H,3-7,16-17H2,1-2H3,(H,18,23)(H,19,22)(H,20,21)(H,24,25). The van der Waals surface area contributed by atoms with Crippen LogP contribution in [-0.2, 0) is 19.2 Å². The number of carbonyl (C=O) groups is 4. The molecule has 0 radical (unpaired) electrons. The summed E-state index contributed by atoms with van der Waals surface area (Å²) < 4.78 is 0. The quantitative estimate of drug-likeness (QED) is 0.230. The van der Waals surface area contributed by atoms with Crippen molar-refractivity contribution in [1.29, 1.82) is 0 Å². The molecule has 144 valence electrons. The van der Waals surface area contributed by atoms with Gasteiger partial charge in [-0.1, -0.05) is 13.8 Å². The fourth-order valence-corrected chi connectivity index (χ4v) is 2.09. The van der Waals surface area contributed by atoms with E-state index in [9.17, 15) is 24.3 Å². The van der Waals surface area contributed by atoms with Crippen LogP contribution >= 0.6 is 0 Å². The van der Waals surface area contributed by atoms with Crippen LogP contribution in [0.25, 0.3) is 0 Å². The number of aliphatic carboxylic acids is 2. The second kappa shape index (κ2) is 11.4. The van der Waals surface area contributed by atoms with E-state index in [1.807, 2.05) is 0 Å². The number of carbonyl (C=O) groups excluding carboxylic acids is 2. The molecule has 0 bridgehead atoms. The summed E-state index contributed by atoms with van der Waals surface area (Å²) in [5.41, 5.74) is 10.8. The number of nitrogens with two attached hydrogens (primary N) is 2. The maximum atomic E-state index is 12.3. The third-order valence-electron chi connectivity index (χ3n) is 3.54. The third-order valence-corrected chi connectivity index (χ3v) is 3.54. The van der Waals surface area contributed by atoms with Crippen molar-refractivity contribution < 1.29 is 29.4 Å². The SMILES string of the molecule is CC(C)C(NC(=O)C(N)CC(=O)O)C(=O)NC(CCCCN)C(=O)O. The van der Waals surface area contributed by atoms with E-state index in [-0.39, 0.29) is 12.3 Å². The molecule has 10 heteroatoms. The van der Waals surface area contributed by atoms with Crippen LogP contribution in [0.2, 0.25) is 0 Å². The highest BCUT2D eigenvalue weighted by atomic mass is 16.4. The van der Waals surface area contributed by atoms with Crippen LogP contribution < -0.4 is 22.1 Å². The molecule has 0 fully saturated rings. The maximum Gasteiger partial charge on any atom is 0.326 e. The van der Waals surface area contributed by atoms with Gasteiger partial charge in [-0.3, -0.25) is 14.4 Å². The molecule has 25 heavy (non-hydrogen) atoms. The van der Waals surface area contributed by atoms with E-state index in [1.54, 1.807) is 13.8 Å². The molecule has 8 N–H and O–H groups in total. The molecule has 0 aliphatic carbocycles. The lowest BCUT2D eigenvalue weighted by Gasteiger charge is -2.25. The zero-order chi connectivity index (χ0) is 19.6. The highest BCUT2D eigenvalue weighted by Gasteiger charge is 2.30. The van der Waals surface area contributed by atoms with Crippen molar-refractivity contribution in [2.45, 2.75) is 57.7 Å². The second-order valence-corrected chi connectivity index (χ2v) is 6.12. The largest absolute Gasteiger partial charge is 0.481 e. The van der Waals surface area contributed by atoms with Gasteiger partial charge in [0.1, 0.15) is 12.1 Å². The molecular formula is C15H28N4O6. The van der Waals surface area contributed by atoms with Gasteiger partial charge in [-0.15, -0.1) is 0 Å². The van der Waals surface area contributed by atoms with Crippen molar-refractivity contribution in [3.05, 3.63) is 0 Å². The Morgan fingerprint density at radius 2 is 1.60 bits per heavy atom. The van der Waals surface area contributed by atoms with E-state index in [1.165, 1.54) is 0 Å². The smallest absolute Gasteiger partial charge is 0.326 e. The lowest BCUT2D eigenvalue weighted by molar-refractivity contribution is -0.143. The summed E-state index contributed by atoms with van der Waals surface area (Å²) in [5.74, 6) is -4.21. The van der Waals surface area contributed by atoms with E-state index < -0.39 is 48.3 Å². The molecule has 0 saturated carbocycles. The predicted octanol–water partition coefficient (Wildman–Crippen LogP) is -1.37. The summed E-state index contributed by atoms with van der Waals surface area (Å²) in [4.78, 5) is 46.1. The highest BCUT2D eigenvalue weighted by Crippen LogP contribution is 2.06. The van der Waals surface area contributed by atoms with Crippen LogP contribution in [0.5, 0.6) is 0 Å². The minimum absolute atomic E-state index is 0.218. The number of unbranched alkanes of at least 4 members (excludes halogenated alkanes) is 1. The normalized spacial score (nSPS) is 14.4. The zero-order valence-corrected chi connectivity index (χ0v) is 14.5. The van der Waals surface area contributed by atoms with Crippen molar-refractivity contribution >= 4 is 23.8 Å². The Morgan fingerprint density at radius 1 is 1.00 bits per heavy atom. The highest BCUT2D eigenvalue weighted by molar-refractivity contribution is 5.93. The molecule has 3 atom stereocenters. The van der Waals surface area contributed by atoms with Gasteiger partial charge in [-0.25, -0.2) is 4.79 Å². The molecule has 0 aliphatic rings. The van der Waals surface area contributed by atoms with E-state index in [4.69, 9.17) is 16.6 Å². The molecule has 0 aromatic heterocycles. The van der Waals surface area contributed by atoms with Crippen LogP contribution in [0.3, 0.4) is 0 Å². The van der Waals surface area contributed by atoms with Crippen molar-refractivity contribution in [3.63, 3.8) is 0 Å². The van der Waals surface area contributed by atoms with Crippen molar-refractivity contribution in [3.8, 4) is 0 Å². The molecule has 0 spiro atoms. The third kappa shape index (κ3) is 9.01. The first-order valence-electron chi connectivity index (χ1n) is 8.11. The number of carboxylic acids is 2. The summed E-state index contributed by atoms with van der Waals surface area (Å²) >= 11 is 0. The average Bonchev–Trinajstić information content (AvgIpc) is 2.50. The topological polar surface area (TPSA) is 185 Å². The summed E-state index contributed by atoms with van der Waals surface area (Å²) in [6.45, 7) is 3.75. The Bertz CT molecular complexity index is 483. The minimum atomic E-state index is -1.30. The van der Waals surface area contributed by atoms with Crippen molar-refractivity contribution in [2.75, 3.05) is 6.54 Å². The van der Waals surface area contributed by atoms with Gasteiger partial charge in [0.05, 0.1) is 12.5 Å². The van der Waals surface area contributed by atoms with Gasteiger partial charge in [0.25, 0.3) is 0 Å². The maximum absolute atomic E-state index is 12.3. The van der Waals surface area contributed by atoms with Gasteiger partial charge < -0.3 is 32.3 Å². The van der Waals surface area contributed by atoms with Crippen LogP contribution in [0, 0.1) is 5.92 Å². The Hall–Kier alpha value is -2.20. The van der Waals surface area contributed by atoms with Crippen LogP contribution in [0.1, 0.15) is 39.5 Å². The Labute approximate surface area is 146 Å². The number of carboxylic acid groups (broad SMARTS) is 2. The summed E-state index contributed by atoms with van der Waals surface area (Å²) in [6, 6.07) is -3.42. The molecule has 0 aromatic carbocycles. The molecule has 0 rings (SSSR count). The summed E-state index contributed by atoms with van der Waals surface area (Å²) in [6.07, 6.45) is 0.814. The Balaban J connectivity index is 4.88. The second-order valence-electron chi connectivity index (χ2n) is 6.12. The number of nitrogens with one attached hydrogen (secondary N) is 2. The number of rotatable bonds is 12. The summed E-state index contributed by atoms with van der Waals surface area (Å²) in [7, 11) is 0. The van der Waals surface area contributed by atoms with E-state index in [0.717, 1.165) is 0 Å². The van der Waals surface area contributed by atoms with Gasteiger partial charge in [0.2, 0.25) is 11.8 Å². The monoisotopic (exact) mass is 360 g/mol. The number of hydrogen-bond acceptors (Lipinski definition) is 6. The Morgan fingerprint density at radius 3 is 2.04 bits per heavy atom. The van der Waals surface area contributed by atoms with Crippen LogP contribution in [-0.4, -0.2) is 58.6 Å². The molecule has 3 unspecified atom stereocenters. The zero-order valence-electron chi connectivity index (χ0n) is 14.5. The molecule has 10 nitrogen and oxygen atoms in total. The minimum Gasteiger partial charge on any atom is -0.481 e. The van der Waals surface area contributed by atoms with Gasteiger partial charge >= 0.3 is 11.9 Å². The first kappa shape index (κ1) is 22.8. The molecular weight excluding hydrogens is 332 g/mol. The van der Waals surface area contributed by atoms with E-state index in [0.29, 0.717) is 19.4 Å². The molecule has 0 heterocycles. The van der Waals surface area contributed by atoms with Gasteiger partial charge in [0.15, 0.2) is 0 Å². The summed E-state index contributed by atoms with van der Waals surface area (Å²) in [5, 5.41) is 22.6. The van der Waals surface area contributed by atoms with Crippen LogP contribution in [0.15, 0.2) is 0 Å². The molecule has 2 amide bonds. The number of hydrogen-bond donors (Lipinski definition) is 6. The molecule has 0 aromatic rings. The first-order chi connectivity index (χ1) is 11.6. The fraction of sp³-hybridized carbons (Fsp3) is 0.733. The van der Waals surface area contributed by atoms with Gasteiger partial charge in [-0.2, -0.15) is 0 Å². The lowest BCUT2D eigenvalue weighted by Crippen LogP contribution is -2.56. The average molecular weight is 360 g/mol. The van der Waals surface area contributed by atoms with Crippen LogP contribution in [0.4, 0.5) is 0 Å². The lowest BCUT2D eigenvalue weighted by atomic mass is 10.0. The number of amides is 2. The first-order valence-corrected chi connectivity index (χ1v) is 8.11. The van der Waals surface area contributed by atoms with Crippen molar-refractivity contribution in [1.82, 2.24) is 10.6 Å². The van der Waals surface area contributed by atoms with Gasteiger partial charge in [-0.05, 0) is 31.7 Å². The Kier molecular flexibility index (Phi) is 10.4. The van der Waals surface area contributed by atoms with E-state index >= 15 is 0 Å². The predicted molar refractivity (Wildman–Crippen MR) is 89.5 cm³/mol. The van der Waals surface area contributed by atoms with Gasteiger partial charge in [0, 0.05) is 0 Å². The molecule has 0 saturated heterocycles. The molecule has 0 aliphatic heterocycles. The van der Waals surface area contributed by atoms with Crippen molar-refractivity contribution in [2.24, 2.45) is 17.4 Å².